The predicted octanol–water partition coefficient (Wildman–Crippen LogP) is 5.56. The quantitative estimate of drug-likeness (QED) is 0.219. The number of nitrogens with one attached hydrogen (secondary N) is 1. The number of rotatable bonds is 15. The molecule has 0 heterocycles. The van der Waals surface area contributed by atoms with Crippen LogP contribution in [-0.4, -0.2) is 72.2 Å². The standard InChI is InChI=1S/C32H39Cl2N3O8S/c1-8-26(32(39)35-20(2)3)36(18-21-9-12-24(33)25(34)15-21)31(38)19-37(27-16-22(42-4)10-13-28(27)43-5)46(40,41)23-11-14-29(44-6)30(17-23)45-7/h9-17,20,26H,8,18-19H2,1-7H3,(H,35,39)/t26-/m1/s1. The molecule has 0 aliphatic carbocycles. The van der Waals surface area contributed by atoms with Gasteiger partial charge in [-0.25, -0.2) is 8.42 Å². The van der Waals surface area contributed by atoms with Crippen LogP contribution in [0.5, 0.6) is 23.0 Å². The first kappa shape index (κ1) is 36.6. The summed E-state index contributed by atoms with van der Waals surface area (Å²) in [5.41, 5.74) is 0.631. The summed E-state index contributed by atoms with van der Waals surface area (Å²) >= 11 is 12.4. The molecule has 250 valence electrons. The number of amides is 2. The highest BCUT2D eigenvalue weighted by atomic mass is 35.5. The third-order valence-corrected chi connectivity index (χ3v) is 9.53. The van der Waals surface area contributed by atoms with Crippen LogP contribution in [0.1, 0.15) is 32.8 Å². The van der Waals surface area contributed by atoms with E-state index >= 15 is 0 Å². The number of sulfonamides is 1. The number of anilines is 1. The minimum atomic E-state index is -4.48. The van der Waals surface area contributed by atoms with Crippen LogP contribution < -0.4 is 28.6 Å². The number of halogens is 2. The number of hydrogen-bond acceptors (Lipinski definition) is 8. The van der Waals surface area contributed by atoms with Crippen LogP contribution >= 0.6 is 23.2 Å². The number of nitrogens with zero attached hydrogens (tertiary/aromatic N) is 2. The SMILES string of the molecule is CC[C@H](C(=O)NC(C)C)N(Cc1ccc(Cl)c(Cl)c1)C(=O)CN(c1cc(OC)ccc1OC)S(=O)(=O)c1ccc(OC)c(OC)c1. The van der Waals surface area contributed by atoms with Gasteiger partial charge in [0.05, 0.1) is 49.1 Å². The fraction of sp³-hybridized carbons (Fsp3) is 0.375. The van der Waals surface area contributed by atoms with E-state index in [1.165, 1.54) is 63.7 Å². The minimum absolute atomic E-state index is 0.0409. The molecular formula is C32H39Cl2N3O8S. The van der Waals surface area contributed by atoms with E-state index in [1.54, 1.807) is 31.2 Å². The molecule has 3 aromatic rings. The lowest BCUT2D eigenvalue weighted by atomic mass is 10.1. The number of benzene rings is 3. The van der Waals surface area contributed by atoms with Gasteiger partial charge < -0.3 is 29.2 Å². The van der Waals surface area contributed by atoms with Crippen LogP contribution in [0.15, 0.2) is 59.5 Å². The molecule has 0 bridgehead atoms. The lowest BCUT2D eigenvalue weighted by Crippen LogP contribution is -2.53. The molecule has 14 heteroatoms. The molecule has 0 spiro atoms. The minimum Gasteiger partial charge on any atom is -0.497 e. The Morgan fingerprint density at radius 1 is 0.826 bits per heavy atom. The summed E-state index contributed by atoms with van der Waals surface area (Å²) in [6, 6.07) is 12.4. The molecule has 11 nitrogen and oxygen atoms in total. The Kier molecular flexibility index (Phi) is 12.8. The van der Waals surface area contributed by atoms with E-state index in [4.69, 9.17) is 42.1 Å². The van der Waals surface area contributed by atoms with Crippen LogP contribution in [0.3, 0.4) is 0 Å². The second kappa shape index (κ2) is 16.1. The molecule has 1 N–H and O–H groups in total. The molecule has 1 atom stereocenters. The molecule has 0 aliphatic heterocycles. The summed E-state index contributed by atoms with van der Waals surface area (Å²) in [4.78, 5) is 28.9. The van der Waals surface area contributed by atoms with Gasteiger partial charge in [-0.2, -0.15) is 0 Å². The zero-order valence-electron chi connectivity index (χ0n) is 26.8. The number of ether oxygens (including phenoxy) is 4. The molecule has 2 amide bonds. The Labute approximate surface area is 280 Å². The summed E-state index contributed by atoms with van der Waals surface area (Å²) in [6.45, 7) is 4.62. The van der Waals surface area contributed by atoms with Gasteiger partial charge in [0.1, 0.15) is 24.1 Å². The largest absolute Gasteiger partial charge is 0.497 e. The van der Waals surface area contributed by atoms with Gasteiger partial charge in [-0.1, -0.05) is 36.2 Å². The van der Waals surface area contributed by atoms with E-state index in [0.717, 1.165) is 4.31 Å². The first-order valence-corrected chi connectivity index (χ1v) is 16.5. The van der Waals surface area contributed by atoms with Gasteiger partial charge in [-0.15, -0.1) is 0 Å². The average molecular weight is 697 g/mol. The average Bonchev–Trinajstić information content (AvgIpc) is 3.03. The molecule has 0 aliphatic rings. The molecule has 0 saturated heterocycles. The molecule has 0 radical (unpaired) electrons. The van der Waals surface area contributed by atoms with Gasteiger partial charge in [0.2, 0.25) is 11.8 Å². The van der Waals surface area contributed by atoms with E-state index in [1.807, 2.05) is 13.8 Å². The summed E-state index contributed by atoms with van der Waals surface area (Å²) in [7, 11) is 1.15. The molecule has 0 aromatic heterocycles. The monoisotopic (exact) mass is 695 g/mol. The maximum Gasteiger partial charge on any atom is 0.265 e. The number of carbonyl (C=O) groups excluding carboxylic acids is 2. The van der Waals surface area contributed by atoms with Gasteiger partial charge in [-0.05, 0) is 62.2 Å². The van der Waals surface area contributed by atoms with Gasteiger partial charge in [0.25, 0.3) is 10.0 Å². The van der Waals surface area contributed by atoms with Crippen molar-refractivity contribution in [1.82, 2.24) is 10.2 Å². The number of methoxy groups -OCH3 is 4. The fourth-order valence-corrected chi connectivity index (χ4v) is 6.50. The molecule has 0 saturated carbocycles. The van der Waals surface area contributed by atoms with Gasteiger partial charge in [0, 0.05) is 24.7 Å². The first-order chi connectivity index (χ1) is 21.8. The van der Waals surface area contributed by atoms with Crippen molar-refractivity contribution in [2.24, 2.45) is 0 Å². The van der Waals surface area contributed by atoms with Gasteiger partial charge in [-0.3, -0.25) is 13.9 Å². The molecule has 46 heavy (non-hydrogen) atoms. The molecule has 0 fully saturated rings. The van der Waals surface area contributed by atoms with Gasteiger partial charge in [0.15, 0.2) is 11.5 Å². The number of hydrogen-bond donors (Lipinski definition) is 1. The second-order valence-electron chi connectivity index (χ2n) is 10.4. The second-order valence-corrected chi connectivity index (χ2v) is 13.1. The van der Waals surface area contributed by atoms with Crippen LogP contribution in [0, 0.1) is 0 Å². The Morgan fingerprint density at radius 2 is 1.48 bits per heavy atom. The lowest BCUT2D eigenvalue weighted by molar-refractivity contribution is -0.140. The topological polar surface area (TPSA) is 124 Å². The molecule has 3 aromatic carbocycles. The predicted molar refractivity (Wildman–Crippen MR) is 178 cm³/mol. The first-order valence-electron chi connectivity index (χ1n) is 14.3. The summed E-state index contributed by atoms with van der Waals surface area (Å²) in [5.74, 6) is -0.0720. The van der Waals surface area contributed by atoms with Crippen molar-refractivity contribution < 1.29 is 37.0 Å². The Bertz CT molecular complexity index is 1650. The van der Waals surface area contributed by atoms with Crippen molar-refractivity contribution in [3.63, 3.8) is 0 Å². The fourth-order valence-electron chi connectivity index (χ4n) is 4.74. The van der Waals surface area contributed by atoms with E-state index in [9.17, 15) is 18.0 Å². The molecular weight excluding hydrogens is 657 g/mol. The molecule has 3 rings (SSSR count). The highest BCUT2D eigenvalue weighted by molar-refractivity contribution is 7.92. The van der Waals surface area contributed by atoms with Crippen molar-refractivity contribution >= 4 is 50.7 Å². The van der Waals surface area contributed by atoms with Crippen LogP contribution in [-0.2, 0) is 26.2 Å². The smallest absolute Gasteiger partial charge is 0.265 e. The van der Waals surface area contributed by atoms with Crippen LogP contribution in [0.4, 0.5) is 5.69 Å². The van der Waals surface area contributed by atoms with Crippen molar-refractivity contribution in [2.75, 3.05) is 39.3 Å². The normalized spacial score (nSPS) is 11.9. The van der Waals surface area contributed by atoms with E-state index < -0.39 is 28.5 Å². The maximum atomic E-state index is 14.4. The summed E-state index contributed by atoms with van der Waals surface area (Å²) < 4.78 is 51.3. The molecule has 0 unspecified atom stereocenters. The van der Waals surface area contributed by atoms with Crippen LogP contribution in [0.25, 0.3) is 0 Å². The summed E-state index contributed by atoms with van der Waals surface area (Å²) in [5, 5.41) is 3.45. The van der Waals surface area contributed by atoms with E-state index in [0.29, 0.717) is 22.1 Å². The highest BCUT2D eigenvalue weighted by Crippen LogP contribution is 2.38. The van der Waals surface area contributed by atoms with E-state index in [2.05, 4.69) is 5.32 Å². The third kappa shape index (κ3) is 8.48. The van der Waals surface area contributed by atoms with Gasteiger partial charge >= 0.3 is 0 Å². The highest BCUT2D eigenvalue weighted by Gasteiger charge is 2.35. The van der Waals surface area contributed by atoms with Crippen LogP contribution in [0.2, 0.25) is 10.0 Å². The van der Waals surface area contributed by atoms with Crippen molar-refractivity contribution in [1.29, 1.82) is 0 Å². The Hall–Kier alpha value is -3.87. The van der Waals surface area contributed by atoms with Crippen molar-refractivity contribution in [3.05, 3.63) is 70.2 Å². The van der Waals surface area contributed by atoms with E-state index in [-0.39, 0.29) is 52.0 Å². The number of carbonyl (C=O) groups is 2. The summed E-state index contributed by atoms with van der Waals surface area (Å²) in [6.07, 6.45) is 0.247. The Morgan fingerprint density at radius 3 is 2.04 bits per heavy atom. The van der Waals surface area contributed by atoms with Crippen molar-refractivity contribution in [2.45, 2.75) is 50.7 Å². The van der Waals surface area contributed by atoms with Crippen molar-refractivity contribution in [3.8, 4) is 23.0 Å². The maximum absolute atomic E-state index is 14.4. The lowest BCUT2D eigenvalue weighted by Gasteiger charge is -2.34. The zero-order valence-corrected chi connectivity index (χ0v) is 29.1. The zero-order chi connectivity index (χ0) is 34.2. The Balaban J connectivity index is 2.21. The third-order valence-electron chi connectivity index (χ3n) is 7.03.